The number of hydrogen-bond donors (Lipinski definition) is 1. The number of likely N-dealkylation sites (tertiary alicyclic amines) is 1. The molecular formula is C47H70F2N6OS. The molecule has 5 fully saturated rings. The van der Waals surface area contributed by atoms with E-state index in [2.05, 4.69) is 82.3 Å². The Morgan fingerprint density at radius 2 is 1.70 bits per heavy atom. The van der Waals surface area contributed by atoms with Crippen molar-refractivity contribution in [1.82, 2.24) is 19.4 Å². The van der Waals surface area contributed by atoms with Gasteiger partial charge in [-0.1, -0.05) is 57.7 Å². The normalized spacial score (nSPS) is 27.6. The number of likely N-dealkylation sites (N-methyl/N-ethyl adjacent to an activating group) is 1. The van der Waals surface area contributed by atoms with E-state index in [0.717, 1.165) is 69.3 Å². The van der Waals surface area contributed by atoms with Crippen LogP contribution in [0.5, 0.6) is 0 Å². The quantitative estimate of drug-likeness (QED) is 0.169. The first kappa shape index (κ1) is 45.3. The third kappa shape index (κ3) is 10.3. The van der Waals surface area contributed by atoms with Crippen LogP contribution in [0.4, 0.5) is 14.5 Å². The van der Waals surface area contributed by atoms with Crippen LogP contribution in [0.3, 0.4) is 0 Å². The Balaban J connectivity index is 0.000000823. The van der Waals surface area contributed by atoms with Crippen molar-refractivity contribution in [2.75, 3.05) is 85.6 Å². The summed E-state index contributed by atoms with van der Waals surface area (Å²) in [5, 5.41) is 14.1. The van der Waals surface area contributed by atoms with E-state index >= 15 is 4.39 Å². The summed E-state index contributed by atoms with van der Waals surface area (Å²) < 4.78 is 37.2. The van der Waals surface area contributed by atoms with Crippen LogP contribution in [0.15, 0.2) is 72.7 Å². The van der Waals surface area contributed by atoms with Gasteiger partial charge in [0.05, 0.1) is 11.8 Å². The Morgan fingerprint density at radius 1 is 1.00 bits per heavy atom. The van der Waals surface area contributed by atoms with Gasteiger partial charge in [-0.3, -0.25) is 0 Å². The molecule has 3 saturated heterocycles. The molecule has 3 aliphatic heterocycles. The lowest BCUT2D eigenvalue weighted by Gasteiger charge is -2.59. The van der Waals surface area contributed by atoms with Gasteiger partial charge in [0.2, 0.25) is 0 Å². The number of allylic oxidation sites excluding steroid dienone is 2. The molecule has 2 aliphatic carbocycles. The molecule has 7 rings (SSSR count). The van der Waals surface area contributed by atoms with Gasteiger partial charge in [-0.25, -0.2) is 13.1 Å². The molecule has 0 spiro atoms. The van der Waals surface area contributed by atoms with Crippen LogP contribution in [-0.2, 0) is 10.2 Å². The maximum Gasteiger partial charge on any atom is 0.147 e. The zero-order valence-corrected chi connectivity index (χ0v) is 36.5. The predicted molar refractivity (Wildman–Crippen MR) is 233 cm³/mol. The van der Waals surface area contributed by atoms with Gasteiger partial charge < -0.3 is 24.8 Å². The van der Waals surface area contributed by atoms with Crippen LogP contribution in [0, 0.1) is 52.1 Å². The molecule has 1 N–H and O–H groups in total. The lowest BCUT2D eigenvalue weighted by molar-refractivity contribution is -0.0237. The standard InChI is InChI=1S/C41H58F2N6S.C4H6.C2H6O/c1-5-34-24-46(4)18-19-49(34)50-35-12-13-39(37(43)23-35)48-27-40(25-44,28-48)26-47-16-14-30(15-17-47)41(32-20-29(2)21-32,31-8-6-9-33(42)22-31)36-10-7-11-38(36)45-3;1-3-4-2;1-3-2/h6,8-9,12-13,22-23,29-30,32,34,36,38,45H,5,7,10-11,14-21,24,26-28H2,1-4H3;3-4H,1-2H2;1-2H3. The minimum Gasteiger partial charge on any atom is -0.388 e. The van der Waals surface area contributed by atoms with Crippen molar-refractivity contribution in [1.29, 1.82) is 5.26 Å². The van der Waals surface area contributed by atoms with Gasteiger partial charge in [0.25, 0.3) is 0 Å². The monoisotopic (exact) mass is 805 g/mol. The molecule has 0 aromatic heterocycles. The largest absolute Gasteiger partial charge is 0.388 e. The summed E-state index contributed by atoms with van der Waals surface area (Å²) in [4.78, 5) is 7.86. The van der Waals surface area contributed by atoms with Crippen LogP contribution in [0.2, 0.25) is 0 Å². The summed E-state index contributed by atoms with van der Waals surface area (Å²) in [6, 6.07) is 16.9. The summed E-state index contributed by atoms with van der Waals surface area (Å²) >= 11 is 1.67. The highest BCUT2D eigenvalue weighted by molar-refractivity contribution is 7.97. The third-order valence-electron chi connectivity index (χ3n) is 13.6. The molecule has 2 aromatic rings. The number of piperazine rings is 1. The number of nitriles is 1. The lowest BCUT2D eigenvalue weighted by atomic mass is 9.47. The summed E-state index contributed by atoms with van der Waals surface area (Å²) in [6.45, 7) is 18.1. The van der Waals surface area contributed by atoms with Gasteiger partial charge in [-0.2, -0.15) is 5.26 Å². The van der Waals surface area contributed by atoms with Crippen LogP contribution >= 0.6 is 11.9 Å². The van der Waals surface area contributed by atoms with E-state index in [9.17, 15) is 9.65 Å². The summed E-state index contributed by atoms with van der Waals surface area (Å²) in [6.07, 6.45) is 12.6. The van der Waals surface area contributed by atoms with E-state index in [4.69, 9.17) is 0 Å². The number of rotatable bonds is 12. The fourth-order valence-corrected chi connectivity index (χ4v) is 12.1. The summed E-state index contributed by atoms with van der Waals surface area (Å²) in [5.74, 6) is 1.97. The number of anilines is 1. The maximum absolute atomic E-state index is 15.6. The number of ether oxygens (including phenoxy) is 1. The molecule has 0 radical (unpaired) electrons. The molecule has 4 unspecified atom stereocenters. The average Bonchev–Trinajstić information content (AvgIpc) is 3.67. The topological polar surface area (TPSA) is 58.0 Å². The number of benzene rings is 2. The second-order valence-electron chi connectivity index (χ2n) is 17.5. The first-order chi connectivity index (χ1) is 27.5. The van der Waals surface area contributed by atoms with E-state index in [1.165, 1.54) is 37.7 Å². The Labute approximate surface area is 348 Å². The Morgan fingerprint density at radius 3 is 2.28 bits per heavy atom. The zero-order valence-electron chi connectivity index (χ0n) is 35.7. The van der Waals surface area contributed by atoms with Gasteiger partial charge in [0.1, 0.15) is 17.0 Å². The summed E-state index contributed by atoms with van der Waals surface area (Å²) in [5.41, 5.74) is 1.31. The highest BCUT2D eigenvalue weighted by Gasteiger charge is 2.58. The second-order valence-corrected chi connectivity index (χ2v) is 18.6. The summed E-state index contributed by atoms with van der Waals surface area (Å²) in [7, 11) is 7.53. The Hall–Kier alpha value is -2.78. The molecule has 4 atom stereocenters. The molecule has 2 saturated carbocycles. The van der Waals surface area contributed by atoms with Gasteiger partial charge in [0.15, 0.2) is 0 Å². The van der Waals surface area contributed by atoms with Crippen LogP contribution in [-0.4, -0.2) is 107 Å². The highest BCUT2D eigenvalue weighted by Crippen LogP contribution is 2.60. The molecule has 5 aliphatic rings. The number of halogens is 2. The van der Waals surface area contributed by atoms with E-state index in [1.54, 1.807) is 50.5 Å². The lowest BCUT2D eigenvalue weighted by Crippen LogP contribution is -2.62. The van der Waals surface area contributed by atoms with Crippen LogP contribution in [0.1, 0.15) is 70.8 Å². The van der Waals surface area contributed by atoms with Crippen molar-refractivity contribution < 1.29 is 13.5 Å². The zero-order chi connectivity index (χ0) is 41.2. The van der Waals surface area contributed by atoms with Crippen molar-refractivity contribution in [2.45, 2.75) is 87.6 Å². The van der Waals surface area contributed by atoms with E-state index < -0.39 is 5.41 Å². The average molecular weight is 805 g/mol. The number of nitrogens with zero attached hydrogens (tertiary/aromatic N) is 5. The van der Waals surface area contributed by atoms with Gasteiger partial charge in [0, 0.05) is 75.9 Å². The first-order valence-electron chi connectivity index (χ1n) is 21.4. The third-order valence-corrected chi connectivity index (χ3v) is 14.8. The van der Waals surface area contributed by atoms with Crippen molar-refractivity contribution in [3.8, 4) is 6.07 Å². The molecule has 0 bridgehead atoms. The highest BCUT2D eigenvalue weighted by atomic mass is 32.2. The maximum atomic E-state index is 15.6. The van der Waals surface area contributed by atoms with Crippen molar-refractivity contribution in [3.63, 3.8) is 0 Å². The number of hydrogen-bond acceptors (Lipinski definition) is 8. The molecule has 0 amide bonds. The van der Waals surface area contributed by atoms with Crippen LogP contribution < -0.4 is 10.2 Å². The van der Waals surface area contributed by atoms with Gasteiger partial charge in [-0.05, 0) is 144 Å². The molecule has 2 aromatic carbocycles. The van der Waals surface area contributed by atoms with E-state index in [1.807, 2.05) is 24.3 Å². The van der Waals surface area contributed by atoms with E-state index in [-0.39, 0.29) is 17.0 Å². The fraction of sp³-hybridized carbons (Fsp3) is 0.638. The molecule has 57 heavy (non-hydrogen) atoms. The first-order valence-corrected chi connectivity index (χ1v) is 22.2. The van der Waals surface area contributed by atoms with Gasteiger partial charge in [-0.15, -0.1) is 0 Å². The molecule has 7 nitrogen and oxygen atoms in total. The number of piperidine rings is 1. The van der Waals surface area contributed by atoms with Crippen LogP contribution in [0.25, 0.3) is 0 Å². The smallest absolute Gasteiger partial charge is 0.147 e. The molecule has 314 valence electrons. The van der Waals surface area contributed by atoms with E-state index in [0.29, 0.717) is 48.6 Å². The Kier molecular flexibility index (Phi) is 16.7. The number of nitrogens with one attached hydrogen (secondary N) is 1. The fourth-order valence-electron chi connectivity index (χ4n) is 11.0. The minimum absolute atomic E-state index is 0.0329. The Bertz CT molecular complexity index is 1630. The second kappa shape index (κ2) is 21.0. The minimum atomic E-state index is -0.493. The molecular weight excluding hydrogens is 735 g/mol. The van der Waals surface area contributed by atoms with Gasteiger partial charge >= 0.3 is 0 Å². The molecule has 3 heterocycles. The SMILES string of the molecule is C=CC=C.CCC1CN(C)CCN1Sc1ccc(N2CC(C#N)(CN3CCC(C(c4cccc(F)c4)(C4CC(C)C4)C4CCCC4NC)CC3)C2)c(F)c1.COC. The predicted octanol–water partition coefficient (Wildman–Crippen LogP) is 9.03. The number of methoxy groups -OCH3 is 1. The van der Waals surface area contributed by atoms with Crippen molar-refractivity contribution in [3.05, 3.63) is 85.0 Å². The van der Waals surface area contributed by atoms with Crippen molar-refractivity contribution in [2.24, 2.45) is 29.1 Å². The van der Waals surface area contributed by atoms with Crippen molar-refractivity contribution >= 4 is 17.6 Å². The molecule has 10 heteroatoms.